The van der Waals surface area contributed by atoms with Crippen LogP contribution < -0.4 is 5.73 Å². The van der Waals surface area contributed by atoms with Gasteiger partial charge in [-0.3, -0.25) is 9.59 Å². The first-order valence-electron chi connectivity index (χ1n) is 7.05. The summed E-state index contributed by atoms with van der Waals surface area (Å²) in [6.45, 7) is 6.97. The maximum absolute atomic E-state index is 12.1. The van der Waals surface area contributed by atoms with Crippen molar-refractivity contribution in [3.05, 3.63) is 29.8 Å². The van der Waals surface area contributed by atoms with Gasteiger partial charge in [0.25, 0.3) is 0 Å². The SMILES string of the molecule is CC(C)OC(=O)C(Cc1ccc(N)cc1)C(=O)OC(C)C. The molecule has 0 unspecified atom stereocenters. The lowest BCUT2D eigenvalue weighted by atomic mass is 9.99. The Labute approximate surface area is 125 Å². The van der Waals surface area contributed by atoms with Gasteiger partial charge in [-0.15, -0.1) is 0 Å². The number of hydrogen-bond acceptors (Lipinski definition) is 5. The van der Waals surface area contributed by atoms with Crippen molar-refractivity contribution < 1.29 is 19.1 Å². The van der Waals surface area contributed by atoms with Crippen LogP contribution in [0.4, 0.5) is 5.69 Å². The van der Waals surface area contributed by atoms with Gasteiger partial charge in [0.1, 0.15) is 0 Å². The van der Waals surface area contributed by atoms with E-state index in [0.29, 0.717) is 5.69 Å². The van der Waals surface area contributed by atoms with Gasteiger partial charge in [-0.2, -0.15) is 0 Å². The lowest BCUT2D eigenvalue weighted by molar-refractivity contribution is -0.166. The third-order valence-corrected chi connectivity index (χ3v) is 2.69. The van der Waals surface area contributed by atoms with Crippen LogP contribution in [0.5, 0.6) is 0 Å². The van der Waals surface area contributed by atoms with Crippen molar-refractivity contribution in [2.24, 2.45) is 5.92 Å². The monoisotopic (exact) mass is 293 g/mol. The van der Waals surface area contributed by atoms with E-state index in [2.05, 4.69) is 0 Å². The molecule has 0 aromatic heterocycles. The zero-order valence-electron chi connectivity index (χ0n) is 13.0. The molecule has 0 aliphatic carbocycles. The number of nitrogen functional groups attached to an aromatic ring is 1. The van der Waals surface area contributed by atoms with Gasteiger partial charge < -0.3 is 15.2 Å². The third kappa shape index (κ3) is 5.85. The predicted molar refractivity (Wildman–Crippen MR) is 80.5 cm³/mol. The second kappa shape index (κ2) is 7.67. The standard InChI is InChI=1S/C16H23NO4/c1-10(2)20-15(18)14(16(19)21-11(3)4)9-12-5-7-13(17)8-6-12/h5-8,10-11,14H,9,17H2,1-4H3. The number of ether oxygens (including phenoxy) is 2. The molecule has 0 radical (unpaired) electrons. The molecule has 2 N–H and O–H groups in total. The van der Waals surface area contributed by atoms with Crippen LogP contribution in [0.2, 0.25) is 0 Å². The second-order valence-electron chi connectivity index (χ2n) is 5.47. The second-order valence-corrected chi connectivity index (χ2v) is 5.47. The van der Waals surface area contributed by atoms with Gasteiger partial charge in [0.05, 0.1) is 12.2 Å². The van der Waals surface area contributed by atoms with Crippen LogP contribution in [0.25, 0.3) is 0 Å². The van der Waals surface area contributed by atoms with Crippen molar-refractivity contribution in [1.82, 2.24) is 0 Å². The van der Waals surface area contributed by atoms with Gasteiger partial charge >= 0.3 is 11.9 Å². The minimum absolute atomic E-state index is 0.234. The molecule has 0 atom stereocenters. The maximum atomic E-state index is 12.1. The van der Waals surface area contributed by atoms with E-state index in [9.17, 15) is 9.59 Å². The van der Waals surface area contributed by atoms with E-state index < -0.39 is 17.9 Å². The van der Waals surface area contributed by atoms with Crippen LogP contribution in [-0.4, -0.2) is 24.1 Å². The minimum Gasteiger partial charge on any atom is -0.462 e. The molecule has 0 bridgehead atoms. The summed E-state index contributed by atoms with van der Waals surface area (Å²) in [5, 5.41) is 0. The van der Waals surface area contributed by atoms with E-state index in [1.165, 1.54) is 0 Å². The molecule has 1 aromatic rings. The quantitative estimate of drug-likeness (QED) is 0.495. The first kappa shape index (κ1) is 17.0. The molecular weight excluding hydrogens is 270 g/mol. The van der Waals surface area contributed by atoms with E-state index in [0.717, 1.165) is 5.56 Å². The van der Waals surface area contributed by atoms with Crippen LogP contribution in [0.1, 0.15) is 33.3 Å². The summed E-state index contributed by atoms with van der Waals surface area (Å²) in [4.78, 5) is 24.2. The van der Waals surface area contributed by atoms with Crippen molar-refractivity contribution in [1.29, 1.82) is 0 Å². The molecule has 0 saturated heterocycles. The Balaban J connectivity index is 2.87. The Bertz CT molecular complexity index is 458. The summed E-state index contributed by atoms with van der Waals surface area (Å²) >= 11 is 0. The van der Waals surface area contributed by atoms with Gasteiger partial charge in [0.15, 0.2) is 5.92 Å². The molecule has 5 heteroatoms. The van der Waals surface area contributed by atoms with Gasteiger partial charge in [0, 0.05) is 5.69 Å². The number of hydrogen-bond donors (Lipinski definition) is 1. The molecule has 0 heterocycles. The highest BCUT2D eigenvalue weighted by Crippen LogP contribution is 2.16. The van der Waals surface area contributed by atoms with Crippen LogP contribution in [-0.2, 0) is 25.5 Å². The molecule has 116 valence electrons. The van der Waals surface area contributed by atoms with Gasteiger partial charge in [-0.25, -0.2) is 0 Å². The molecule has 1 aromatic carbocycles. The number of nitrogens with two attached hydrogens (primary N) is 1. The van der Waals surface area contributed by atoms with Crippen molar-refractivity contribution in [3.8, 4) is 0 Å². The molecule has 0 fully saturated rings. The van der Waals surface area contributed by atoms with Crippen LogP contribution >= 0.6 is 0 Å². The molecule has 0 aliphatic heterocycles. The topological polar surface area (TPSA) is 78.6 Å². The number of rotatable bonds is 6. The highest BCUT2D eigenvalue weighted by molar-refractivity contribution is 5.95. The van der Waals surface area contributed by atoms with E-state index in [1.807, 2.05) is 0 Å². The number of anilines is 1. The summed E-state index contributed by atoms with van der Waals surface area (Å²) in [5.74, 6) is -2.08. The molecule has 0 aliphatic rings. The number of carbonyl (C=O) groups excluding carboxylic acids is 2. The van der Waals surface area contributed by atoms with E-state index in [-0.39, 0.29) is 18.6 Å². The molecule has 0 spiro atoms. The smallest absolute Gasteiger partial charge is 0.320 e. The van der Waals surface area contributed by atoms with Crippen LogP contribution in [0, 0.1) is 5.92 Å². The van der Waals surface area contributed by atoms with Gasteiger partial charge in [-0.05, 0) is 51.8 Å². The van der Waals surface area contributed by atoms with E-state index in [1.54, 1.807) is 52.0 Å². The fourth-order valence-corrected chi connectivity index (χ4v) is 1.78. The Morgan fingerprint density at radius 2 is 1.38 bits per heavy atom. The number of benzene rings is 1. The third-order valence-electron chi connectivity index (χ3n) is 2.69. The highest BCUT2D eigenvalue weighted by Gasteiger charge is 2.31. The lowest BCUT2D eigenvalue weighted by Crippen LogP contribution is -2.32. The normalized spacial score (nSPS) is 11.0. The Kier molecular flexibility index (Phi) is 6.21. The Morgan fingerprint density at radius 1 is 0.952 bits per heavy atom. The average molecular weight is 293 g/mol. The van der Waals surface area contributed by atoms with Gasteiger partial charge in [-0.1, -0.05) is 12.1 Å². The summed E-state index contributed by atoms with van der Waals surface area (Å²) in [7, 11) is 0. The summed E-state index contributed by atoms with van der Waals surface area (Å²) < 4.78 is 10.3. The molecule has 0 saturated carbocycles. The zero-order valence-corrected chi connectivity index (χ0v) is 13.0. The molecule has 1 rings (SSSR count). The molecule has 0 amide bonds. The fourth-order valence-electron chi connectivity index (χ4n) is 1.78. The van der Waals surface area contributed by atoms with E-state index in [4.69, 9.17) is 15.2 Å². The van der Waals surface area contributed by atoms with Crippen molar-refractivity contribution >= 4 is 17.6 Å². The summed E-state index contributed by atoms with van der Waals surface area (Å²) in [5.41, 5.74) is 7.08. The Morgan fingerprint density at radius 3 is 1.76 bits per heavy atom. The predicted octanol–water partition coefficient (Wildman–Crippen LogP) is 2.33. The summed E-state index contributed by atoms with van der Waals surface area (Å²) in [6.07, 6.45) is -0.325. The zero-order chi connectivity index (χ0) is 16.0. The van der Waals surface area contributed by atoms with Gasteiger partial charge in [0.2, 0.25) is 0 Å². The number of carbonyl (C=O) groups is 2. The van der Waals surface area contributed by atoms with Crippen LogP contribution in [0.3, 0.4) is 0 Å². The Hall–Kier alpha value is -2.04. The number of esters is 2. The maximum Gasteiger partial charge on any atom is 0.320 e. The highest BCUT2D eigenvalue weighted by atomic mass is 16.6. The summed E-state index contributed by atoms with van der Waals surface area (Å²) in [6, 6.07) is 7.03. The molecular formula is C16H23NO4. The van der Waals surface area contributed by atoms with E-state index >= 15 is 0 Å². The van der Waals surface area contributed by atoms with Crippen molar-refractivity contribution in [2.75, 3.05) is 5.73 Å². The minimum atomic E-state index is -0.960. The first-order chi connectivity index (χ1) is 9.79. The van der Waals surface area contributed by atoms with Crippen LogP contribution in [0.15, 0.2) is 24.3 Å². The van der Waals surface area contributed by atoms with Crippen molar-refractivity contribution in [2.45, 2.75) is 46.3 Å². The molecule has 21 heavy (non-hydrogen) atoms. The first-order valence-corrected chi connectivity index (χ1v) is 7.05. The van der Waals surface area contributed by atoms with Crippen molar-refractivity contribution in [3.63, 3.8) is 0 Å². The lowest BCUT2D eigenvalue weighted by Gasteiger charge is -2.18. The fraction of sp³-hybridized carbons (Fsp3) is 0.500. The molecule has 5 nitrogen and oxygen atoms in total. The average Bonchev–Trinajstić information content (AvgIpc) is 2.36. The largest absolute Gasteiger partial charge is 0.462 e.